The lowest BCUT2D eigenvalue weighted by molar-refractivity contribution is 0.584. The van der Waals surface area contributed by atoms with Crippen LogP contribution in [-0.4, -0.2) is 17.4 Å². The summed E-state index contributed by atoms with van der Waals surface area (Å²) in [5.74, 6) is 0.463. The Bertz CT molecular complexity index is 954. The van der Waals surface area contributed by atoms with Crippen LogP contribution in [0.4, 0.5) is 0 Å². The maximum Gasteiger partial charge on any atom is 0.269 e. The summed E-state index contributed by atoms with van der Waals surface area (Å²) in [4.78, 5) is 4.42. The van der Waals surface area contributed by atoms with Crippen LogP contribution in [0.3, 0.4) is 0 Å². The van der Waals surface area contributed by atoms with Crippen molar-refractivity contribution in [1.82, 2.24) is 8.96 Å². The summed E-state index contributed by atoms with van der Waals surface area (Å²) in [6.45, 7) is 0. The molecule has 0 amide bonds. The van der Waals surface area contributed by atoms with Crippen molar-refractivity contribution in [3.8, 4) is 0 Å². The molecule has 0 spiro atoms. The number of benzene rings is 2. The zero-order chi connectivity index (χ0) is 17.2. The minimum Gasteiger partial charge on any atom is -0.241 e. The molecule has 0 atom stereocenters. The van der Waals surface area contributed by atoms with E-state index in [-0.39, 0.29) is 4.90 Å². The molecule has 124 valence electrons. The van der Waals surface area contributed by atoms with Gasteiger partial charge < -0.3 is 0 Å². The van der Waals surface area contributed by atoms with E-state index in [2.05, 4.69) is 4.98 Å². The normalized spacial score (nSPS) is 11.6. The van der Waals surface area contributed by atoms with Crippen molar-refractivity contribution in [1.29, 1.82) is 0 Å². The molecule has 0 unspecified atom stereocenters. The van der Waals surface area contributed by atoms with E-state index in [0.717, 1.165) is 5.56 Å². The number of halogens is 2. The van der Waals surface area contributed by atoms with Crippen LogP contribution in [-0.2, 0) is 22.9 Å². The first kappa shape index (κ1) is 17.0. The number of aromatic nitrogens is 2. The predicted octanol–water partition coefficient (Wildman–Crippen LogP) is 4.21. The van der Waals surface area contributed by atoms with Gasteiger partial charge in [-0.05, 0) is 36.2 Å². The first-order valence-electron chi connectivity index (χ1n) is 7.25. The molecule has 2 aromatic carbocycles. The van der Waals surface area contributed by atoms with Crippen molar-refractivity contribution in [2.75, 3.05) is 0 Å². The van der Waals surface area contributed by atoms with E-state index in [1.165, 1.54) is 16.4 Å². The highest BCUT2D eigenvalue weighted by Crippen LogP contribution is 2.23. The largest absolute Gasteiger partial charge is 0.269 e. The Morgan fingerprint density at radius 1 is 1.00 bits per heavy atom. The quantitative estimate of drug-likeness (QED) is 0.665. The molecule has 24 heavy (non-hydrogen) atoms. The minimum absolute atomic E-state index is 0.230. The lowest BCUT2D eigenvalue weighted by atomic mass is 10.1. The Morgan fingerprint density at radius 2 is 1.75 bits per heavy atom. The first-order valence-corrected chi connectivity index (χ1v) is 9.45. The Balaban J connectivity index is 1.86. The van der Waals surface area contributed by atoms with Crippen LogP contribution in [0.1, 0.15) is 11.4 Å². The predicted molar refractivity (Wildman–Crippen MR) is 95.1 cm³/mol. The number of imidazole rings is 1. The second kappa shape index (κ2) is 6.97. The number of hydrogen-bond donors (Lipinski definition) is 0. The van der Waals surface area contributed by atoms with Gasteiger partial charge in [-0.1, -0.05) is 47.5 Å². The molecule has 0 saturated heterocycles. The maximum absolute atomic E-state index is 12.7. The fraction of sp³-hybridized carbons (Fsp3) is 0.118. The molecular weight excluding hydrogens is 367 g/mol. The number of rotatable bonds is 5. The van der Waals surface area contributed by atoms with Crippen LogP contribution < -0.4 is 0 Å². The van der Waals surface area contributed by atoms with E-state index >= 15 is 0 Å². The highest BCUT2D eigenvalue weighted by molar-refractivity contribution is 7.90. The van der Waals surface area contributed by atoms with E-state index < -0.39 is 10.0 Å². The van der Waals surface area contributed by atoms with E-state index in [0.29, 0.717) is 28.7 Å². The van der Waals surface area contributed by atoms with Gasteiger partial charge in [0.1, 0.15) is 5.82 Å². The Kier molecular flexibility index (Phi) is 4.94. The summed E-state index contributed by atoms with van der Waals surface area (Å²) in [7, 11) is -3.65. The third kappa shape index (κ3) is 3.48. The van der Waals surface area contributed by atoms with Crippen LogP contribution in [0.5, 0.6) is 0 Å². The summed E-state index contributed by atoms with van der Waals surface area (Å²) in [5.41, 5.74) is 0.896. The third-order valence-corrected chi connectivity index (χ3v) is 5.92. The smallest absolute Gasteiger partial charge is 0.241 e. The van der Waals surface area contributed by atoms with Gasteiger partial charge in [-0.3, -0.25) is 0 Å². The van der Waals surface area contributed by atoms with Crippen molar-refractivity contribution in [2.45, 2.75) is 17.7 Å². The van der Waals surface area contributed by atoms with Gasteiger partial charge in [-0.25, -0.2) is 17.4 Å². The topological polar surface area (TPSA) is 52.0 Å². The van der Waals surface area contributed by atoms with E-state index in [9.17, 15) is 8.42 Å². The highest BCUT2D eigenvalue weighted by atomic mass is 35.5. The summed E-state index contributed by atoms with van der Waals surface area (Å²) in [6.07, 6.45) is 3.96. The van der Waals surface area contributed by atoms with E-state index in [1.54, 1.807) is 42.5 Å². The fourth-order valence-corrected chi connectivity index (χ4v) is 4.26. The molecule has 0 aliphatic rings. The van der Waals surface area contributed by atoms with Crippen LogP contribution in [0.2, 0.25) is 10.0 Å². The monoisotopic (exact) mass is 380 g/mol. The summed E-state index contributed by atoms with van der Waals surface area (Å²) >= 11 is 12.1. The second-order valence-corrected chi connectivity index (χ2v) is 7.85. The maximum atomic E-state index is 12.7. The number of nitrogens with zero attached hydrogens (tertiary/aromatic N) is 2. The van der Waals surface area contributed by atoms with Crippen molar-refractivity contribution in [3.63, 3.8) is 0 Å². The third-order valence-electron chi connectivity index (χ3n) is 3.61. The van der Waals surface area contributed by atoms with Gasteiger partial charge in [-0.15, -0.1) is 0 Å². The molecule has 7 heteroatoms. The van der Waals surface area contributed by atoms with Crippen molar-refractivity contribution >= 4 is 33.2 Å². The molecule has 0 aliphatic carbocycles. The average molecular weight is 381 g/mol. The summed E-state index contributed by atoms with van der Waals surface area (Å²) in [5, 5.41) is 1.13. The second-order valence-electron chi connectivity index (χ2n) is 5.19. The molecule has 0 aliphatic heterocycles. The van der Waals surface area contributed by atoms with Gasteiger partial charge in [0, 0.05) is 28.9 Å². The van der Waals surface area contributed by atoms with Crippen LogP contribution >= 0.6 is 23.2 Å². The van der Waals surface area contributed by atoms with Gasteiger partial charge in [0.25, 0.3) is 10.0 Å². The molecule has 0 radical (unpaired) electrons. The van der Waals surface area contributed by atoms with Gasteiger partial charge in [0.2, 0.25) is 0 Å². The number of hydrogen-bond acceptors (Lipinski definition) is 3. The van der Waals surface area contributed by atoms with E-state index in [4.69, 9.17) is 23.2 Å². The molecule has 0 bridgehead atoms. The fourth-order valence-electron chi connectivity index (χ4n) is 2.39. The minimum atomic E-state index is -3.65. The highest BCUT2D eigenvalue weighted by Gasteiger charge is 2.19. The Morgan fingerprint density at radius 3 is 2.46 bits per heavy atom. The number of aryl methyl sites for hydroxylation is 2. The molecule has 3 aromatic rings. The van der Waals surface area contributed by atoms with Crippen LogP contribution in [0.25, 0.3) is 0 Å². The zero-order valence-corrected chi connectivity index (χ0v) is 14.9. The van der Waals surface area contributed by atoms with Crippen molar-refractivity contribution < 1.29 is 8.42 Å². The van der Waals surface area contributed by atoms with Crippen LogP contribution in [0, 0.1) is 0 Å². The molecule has 0 saturated carbocycles. The van der Waals surface area contributed by atoms with E-state index in [1.807, 2.05) is 6.07 Å². The molecule has 1 heterocycles. The van der Waals surface area contributed by atoms with Crippen molar-refractivity contribution in [3.05, 3.63) is 82.4 Å². The molecule has 4 nitrogen and oxygen atoms in total. The van der Waals surface area contributed by atoms with Gasteiger partial charge in [0.15, 0.2) is 0 Å². The Labute approximate surface area is 150 Å². The molecule has 0 fully saturated rings. The SMILES string of the molecule is O=S(=O)(c1ccccc1)n1ccnc1CCc1ccc(Cl)cc1Cl. The summed E-state index contributed by atoms with van der Waals surface area (Å²) in [6, 6.07) is 13.6. The van der Waals surface area contributed by atoms with Crippen molar-refractivity contribution in [2.24, 2.45) is 0 Å². The molecule has 1 aromatic heterocycles. The molecule has 3 rings (SSSR count). The van der Waals surface area contributed by atoms with Gasteiger partial charge in [0.05, 0.1) is 4.90 Å². The lowest BCUT2D eigenvalue weighted by Gasteiger charge is -2.10. The van der Waals surface area contributed by atoms with Gasteiger partial charge >= 0.3 is 0 Å². The molecule has 0 N–H and O–H groups in total. The summed E-state index contributed by atoms with van der Waals surface area (Å²) < 4.78 is 26.7. The lowest BCUT2D eigenvalue weighted by Crippen LogP contribution is -2.16. The van der Waals surface area contributed by atoms with Crippen LogP contribution in [0.15, 0.2) is 65.8 Å². The average Bonchev–Trinajstić information content (AvgIpc) is 3.04. The first-order chi connectivity index (χ1) is 11.5. The standard InChI is InChI=1S/C17H14Cl2N2O2S/c18-14-8-6-13(16(19)12-14)7-9-17-20-10-11-21(17)24(22,23)15-4-2-1-3-5-15/h1-6,8,10-12H,7,9H2. The van der Waals surface area contributed by atoms with Gasteiger partial charge in [-0.2, -0.15) is 0 Å². The zero-order valence-electron chi connectivity index (χ0n) is 12.6. The molecular formula is C17H14Cl2N2O2S. The Hall–Kier alpha value is -1.82.